The molecule has 2 N–H and O–H groups in total. The zero-order valence-electron chi connectivity index (χ0n) is 22.4. The number of nitrogens with one attached hydrogen (secondary N) is 2. The molecular formula is C26H31F3N8O2. The van der Waals surface area contributed by atoms with E-state index in [9.17, 15) is 18.0 Å². The van der Waals surface area contributed by atoms with Crippen LogP contribution < -0.4 is 10.2 Å². The molecule has 3 aromatic rings. The third-order valence-electron chi connectivity index (χ3n) is 7.33. The highest BCUT2D eigenvalue weighted by Crippen LogP contribution is 2.47. The quantitative estimate of drug-likeness (QED) is 0.353. The fourth-order valence-electron chi connectivity index (χ4n) is 5.35. The molecular weight excluding hydrogens is 513 g/mol. The minimum Gasteiger partial charge on any atom is -0.457 e. The Labute approximate surface area is 223 Å². The van der Waals surface area contributed by atoms with Crippen molar-refractivity contribution in [2.24, 2.45) is 0 Å². The Morgan fingerprint density at radius 1 is 1.28 bits per heavy atom. The van der Waals surface area contributed by atoms with E-state index >= 15 is 0 Å². The van der Waals surface area contributed by atoms with Gasteiger partial charge in [0.1, 0.15) is 17.7 Å². The fraction of sp³-hybridized carbons (Fsp3) is 0.500. The number of rotatable bonds is 5. The summed E-state index contributed by atoms with van der Waals surface area (Å²) in [6, 6.07) is 1.42. The van der Waals surface area contributed by atoms with E-state index in [1.165, 1.54) is 4.90 Å². The molecule has 0 bridgehead atoms. The molecule has 5 heterocycles. The first-order chi connectivity index (χ1) is 18.3. The molecule has 2 aliphatic heterocycles. The van der Waals surface area contributed by atoms with E-state index < -0.39 is 23.7 Å². The molecule has 0 unspecified atom stereocenters. The number of alkyl halides is 3. The lowest BCUT2D eigenvalue weighted by Crippen LogP contribution is -2.45. The highest BCUT2D eigenvalue weighted by molar-refractivity contribution is 6.12. The molecule has 1 atom stereocenters. The molecule has 1 amide bonds. The highest BCUT2D eigenvalue weighted by atomic mass is 19.4. The molecule has 39 heavy (non-hydrogen) atoms. The van der Waals surface area contributed by atoms with Crippen molar-refractivity contribution in [1.82, 2.24) is 24.3 Å². The van der Waals surface area contributed by atoms with Crippen LogP contribution in [0.2, 0.25) is 0 Å². The number of pyridine rings is 1. The smallest absolute Gasteiger partial charge is 0.408 e. The summed E-state index contributed by atoms with van der Waals surface area (Å²) in [5.74, 6) is 0.918. The van der Waals surface area contributed by atoms with Gasteiger partial charge in [0, 0.05) is 19.8 Å². The topological polar surface area (TPSA) is 112 Å². The molecule has 1 saturated heterocycles. The number of carbonyl (C=O) groups is 1. The van der Waals surface area contributed by atoms with Gasteiger partial charge in [-0.15, -0.1) is 0 Å². The van der Waals surface area contributed by atoms with Crippen LogP contribution in [0.1, 0.15) is 63.5 Å². The molecule has 0 aromatic carbocycles. The van der Waals surface area contributed by atoms with Gasteiger partial charge in [0.05, 0.1) is 34.2 Å². The number of nitrogens with zero attached hydrogens (tertiary/aromatic N) is 6. The van der Waals surface area contributed by atoms with Gasteiger partial charge in [-0.2, -0.15) is 13.2 Å². The largest absolute Gasteiger partial charge is 0.457 e. The highest BCUT2D eigenvalue weighted by Gasteiger charge is 2.49. The molecule has 0 spiro atoms. The number of amidine groups is 1. The molecule has 0 aliphatic carbocycles. The zero-order valence-corrected chi connectivity index (χ0v) is 22.4. The van der Waals surface area contributed by atoms with Crippen LogP contribution in [-0.4, -0.2) is 62.0 Å². The van der Waals surface area contributed by atoms with E-state index in [0.717, 1.165) is 16.1 Å². The van der Waals surface area contributed by atoms with Crippen molar-refractivity contribution in [3.05, 3.63) is 41.7 Å². The van der Waals surface area contributed by atoms with E-state index in [2.05, 4.69) is 34.1 Å². The monoisotopic (exact) mass is 544 g/mol. The van der Waals surface area contributed by atoms with Crippen molar-refractivity contribution < 1.29 is 22.7 Å². The summed E-state index contributed by atoms with van der Waals surface area (Å²) >= 11 is 0. The summed E-state index contributed by atoms with van der Waals surface area (Å²) < 4.78 is 47.4. The standard InChI is InChI=1S/C26H31F3N8O2/c1-14(2)20-16-9-8-15(11-35(16)13-32-20)37-22-19(25(3,4)23(37)38)21(31-5)33-18(34-22)12-39-24(30)36-10-6-7-17(36)26(27,28)29/h8-9,11,13-14,17,30H,6-7,10,12H2,1-5H3,(H,31,33,34)/t17-/m1/s1. The minimum atomic E-state index is -4.45. The Morgan fingerprint density at radius 2 is 2.03 bits per heavy atom. The van der Waals surface area contributed by atoms with Crippen LogP contribution in [0.15, 0.2) is 24.7 Å². The first-order valence-corrected chi connectivity index (χ1v) is 12.8. The summed E-state index contributed by atoms with van der Waals surface area (Å²) in [5.41, 5.74) is 2.10. The molecule has 0 saturated carbocycles. The number of carbonyl (C=O) groups excluding carboxylic acids is 1. The lowest BCUT2D eigenvalue weighted by molar-refractivity contribution is -0.169. The minimum absolute atomic E-state index is 0.0828. The van der Waals surface area contributed by atoms with Gasteiger partial charge in [-0.1, -0.05) is 13.8 Å². The Balaban J connectivity index is 1.49. The van der Waals surface area contributed by atoms with E-state index in [1.54, 1.807) is 27.2 Å². The van der Waals surface area contributed by atoms with Crippen molar-refractivity contribution in [2.75, 3.05) is 23.8 Å². The van der Waals surface area contributed by atoms with Crippen LogP contribution in [0, 0.1) is 5.41 Å². The van der Waals surface area contributed by atoms with Gasteiger partial charge in [-0.05, 0) is 44.7 Å². The number of aromatic nitrogens is 4. The van der Waals surface area contributed by atoms with Crippen LogP contribution >= 0.6 is 0 Å². The van der Waals surface area contributed by atoms with Gasteiger partial charge < -0.3 is 19.4 Å². The number of hydrogen-bond acceptors (Lipinski definition) is 7. The maximum Gasteiger partial charge on any atom is 0.408 e. The van der Waals surface area contributed by atoms with Gasteiger partial charge >= 0.3 is 6.18 Å². The molecule has 10 nitrogen and oxygen atoms in total. The summed E-state index contributed by atoms with van der Waals surface area (Å²) in [6.07, 6.45) is -0.692. The Morgan fingerprint density at radius 3 is 2.69 bits per heavy atom. The number of imidazole rings is 1. The second kappa shape index (κ2) is 9.38. The molecule has 5 rings (SSSR count). The molecule has 3 aromatic heterocycles. The number of hydrogen-bond donors (Lipinski definition) is 2. The number of fused-ring (bicyclic) bond motifs is 2. The predicted molar refractivity (Wildman–Crippen MR) is 139 cm³/mol. The Bertz CT molecular complexity index is 1450. The SMILES string of the molecule is CNc1nc(COC(=N)N2CCC[C@@H]2C(F)(F)F)nc2c1C(C)(C)C(=O)N2c1ccc2c(C(C)C)ncn2c1. The third-order valence-corrected chi connectivity index (χ3v) is 7.33. The third kappa shape index (κ3) is 4.43. The lowest BCUT2D eigenvalue weighted by atomic mass is 9.87. The molecule has 1 fully saturated rings. The van der Waals surface area contributed by atoms with Crippen molar-refractivity contribution >= 4 is 34.8 Å². The number of amides is 1. The molecule has 13 heteroatoms. The van der Waals surface area contributed by atoms with E-state index in [1.807, 2.05) is 22.7 Å². The summed E-state index contributed by atoms with van der Waals surface area (Å²) in [4.78, 5) is 29.7. The Hall–Kier alpha value is -3.90. The van der Waals surface area contributed by atoms with Crippen LogP contribution in [0.4, 0.5) is 30.5 Å². The maximum atomic E-state index is 13.7. The van der Waals surface area contributed by atoms with Gasteiger partial charge in [0.15, 0.2) is 12.4 Å². The zero-order chi connectivity index (χ0) is 28.3. The van der Waals surface area contributed by atoms with Crippen molar-refractivity contribution in [3.8, 4) is 0 Å². The first kappa shape index (κ1) is 26.7. The normalized spacial score (nSPS) is 18.8. The number of anilines is 3. The maximum absolute atomic E-state index is 13.7. The van der Waals surface area contributed by atoms with E-state index in [0.29, 0.717) is 29.3 Å². The average Bonchev–Trinajstić information content (AvgIpc) is 3.58. The van der Waals surface area contributed by atoms with Crippen molar-refractivity contribution in [3.63, 3.8) is 0 Å². The van der Waals surface area contributed by atoms with Crippen LogP contribution in [0.25, 0.3) is 5.52 Å². The van der Waals surface area contributed by atoms with Gasteiger partial charge in [0.25, 0.3) is 6.02 Å². The number of halogens is 3. The first-order valence-electron chi connectivity index (χ1n) is 12.8. The predicted octanol–water partition coefficient (Wildman–Crippen LogP) is 4.72. The van der Waals surface area contributed by atoms with Gasteiger partial charge in [-0.25, -0.2) is 15.0 Å². The van der Waals surface area contributed by atoms with Crippen LogP contribution in [0.5, 0.6) is 0 Å². The van der Waals surface area contributed by atoms with Crippen LogP contribution in [0.3, 0.4) is 0 Å². The lowest BCUT2D eigenvalue weighted by Gasteiger charge is -2.27. The van der Waals surface area contributed by atoms with E-state index in [-0.39, 0.29) is 37.2 Å². The summed E-state index contributed by atoms with van der Waals surface area (Å²) in [6.45, 7) is 7.46. The van der Waals surface area contributed by atoms with Crippen molar-refractivity contribution in [1.29, 1.82) is 5.41 Å². The van der Waals surface area contributed by atoms with Gasteiger partial charge in [0.2, 0.25) is 5.91 Å². The second-order valence-corrected chi connectivity index (χ2v) is 10.7. The van der Waals surface area contributed by atoms with Crippen molar-refractivity contribution in [2.45, 2.75) is 70.7 Å². The molecule has 208 valence electrons. The Kier molecular flexibility index (Phi) is 6.42. The van der Waals surface area contributed by atoms with Crippen LogP contribution in [-0.2, 0) is 21.6 Å². The second-order valence-electron chi connectivity index (χ2n) is 10.7. The fourth-order valence-corrected chi connectivity index (χ4v) is 5.35. The molecule has 2 aliphatic rings. The summed E-state index contributed by atoms with van der Waals surface area (Å²) in [5, 5.41) is 11.2. The van der Waals surface area contributed by atoms with E-state index in [4.69, 9.17) is 10.1 Å². The number of likely N-dealkylation sites (tertiary alicyclic amines) is 1. The number of ether oxygens (including phenoxy) is 1. The van der Waals surface area contributed by atoms with Gasteiger partial charge in [-0.3, -0.25) is 15.1 Å². The molecule has 0 radical (unpaired) electrons. The summed E-state index contributed by atoms with van der Waals surface area (Å²) in [7, 11) is 1.67. The average molecular weight is 545 g/mol.